The van der Waals surface area contributed by atoms with E-state index in [0.717, 1.165) is 24.8 Å². The Morgan fingerprint density at radius 2 is 2.00 bits per heavy atom. The van der Waals surface area contributed by atoms with Gasteiger partial charge in [0.25, 0.3) is 0 Å². The Bertz CT molecular complexity index is 798. The predicted octanol–water partition coefficient (Wildman–Crippen LogP) is 2.77. The molecule has 3 unspecified atom stereocenters. The minimum atomic E-state index is -0.956. The van der Waals surface area contributed by atoms with Crippen LogP contribution in [0.1, 0.15) is 58.4 Å². The van der Waals surface area contributed by atoms with Crippen LogP contribution < -0.4 is 5.32 Å². The number of rotatable bonds is 9. The van der Waals surface area contributed by atoms with Crippen LogP contribution in [0.2, 0.25) is 0 Å². The number of hydrogen-bond acceptors (Lipinski definition) is 5. The normalized spacial score (nSPS) is 26.9. The number of carboxylic acid groups (broad SMARTS) is 1. The molecule has 3 rings (SSSR count). The lowest BCUT2D eigenvalue weighted by molar-refractivity contribution is -0.151. The van der Waals surface area contributed by atoms with Gasteiger partial charge in [-0.1, -0.05) is 43.7 Å². The number of carbonyl (C=O) groups excluding carboxylic acids is 2. The van der Waals surface area contributed by atoms with Gasteiger partial charge in [-0.25, -0.2) is 4.79 Å². The molecule has 170 valence electrons. The van der Waals surface area contributed by atoms with Gasteiger partial charge in [0.05, 0.1) is 12.6 Å². The van der Waals surface area contributed by atoms with Gasteiger partial charge in [-0.15, -0.1) is 0 Å². The summed E-state index contributed by atoms with van der Waals surface area (Å²) in [7, 11) is 0. The van der Waals surface area contributed by atoms with Crippen LogP contribution in [0.25, 0.3) is 0 Å². The second-order valence-corrected chi connectivity index (χ2v) is 9.08. The fourth-order valence-corrected chi connectivity index (χ4v) is 5.26. The maximum atomic E-state index is 13.4. The summed E-state index contributed by atoms with van der Waals surface area (Å²) in [5.41, 5.74) is 0.955. The second kappa shape index (κ2) is 9.81. The van der Waals surface area contributed by atoms with Crippen molar-refractivity contribution in [3.8, 4) is 0 Å². The number of aryl methyl sites for hydroxylation is 1. The zero-order chi connectivity index (χ0) is 22.6. The van der Waals surface area contributed by atoms with Gasteiger partial charge in [0, 0.05) is 6.04 Å². The van der Waals surface area contributed by atoms with Gasteiger partial charge in [-0.2, -0.15) is 0 Å². The molecule has 1 aromatic carbocycles. The van der Waals surface area contributed by atoms with Crippen molar-refractivity contribution in [1.82, 2.24) is 10.2 Å². The van der Waals surface area contributed by atoms with Crippen molar-refractivity contribution in [1.29, 1.82) is 0 Å². The third-order valence-corrected chi connectivity index (χ3v) is 6.86. The van der Waals surface area contributed by atoms with E-state index in [1.54, 1.807) is 18.7 Å². The molecule has 1 heterocycles. The number of benzene rings is 1. The Kier molecular flexibility index (Phi) is 7.36. The molecule has 1 aromatic rings. The molecule has 2 fully saturated rings. The van der Waals surface area contributed by atoms with Gasteiger partial charge in [0.15, 0.2) is 0 Å². The quantitative estimate of drug-likeness (QED) is 0.585. The maximum absolute atomic E-state index is 13.4. The van der Waals surface area contributed by atoms with Crippen LogP contribution in [-0.2, 0) is 25.5 Å². The monoisotopic (exact) mass is 430 g/mol. The van der Waals surface area contributed by atoms with Crippen LogP contribution in [0.5, 0.6) is 0 Å². The Balaban J connectivity index is 1.72. The van der Waals surface area contributed by atoms with Crippen LogP contribution in [0.3, 0.4) is 0 Å². The van der Waals surface area contributed by atoms with Crippen molar-refractivity contribution in [2.75, 3.05) is 6.61 Å². The van der Waals surface area contributed by atoms with E-state index in [0.29, 0.717) is 19.3 Å². The van der Waals surface area contributed by atoms with E-state index in [4.69, 9.17) is 4.74 Å². The fraction of sp³-hybridized carbons (Fsp3) is 0.625. The number of ether oxygens (including phenoxy) is 1. The molecular formula is C24H34N2O5. The van der Waals surface area contributed by atoms with Crippen molar-refractivity contribution in [2.24, 2.45) is 5.41 Å². The van der Waals surface area contributed by atoms with Crippen molar-refractivity contribution in [3.05, 3.63) is 35.9 Å². The molecule has 7 nitrogen and oxygen atoms in total. The summed E-state index contributed by atoms with van der Waals surface area (Å²) in [5, 5.41) is 12.9. The van der Waals surface area contributed by atoms with Crippen molar-refractivity contribution in [2.45, 2.75) is 83.5 Å². The largest absolute Gasteiger partial charge is 0.480 e. The lowest BCUT2D eigenvalue weighted by Gasteiger charge is -2.33. The molecule has 31 heavy (non-hydrogen) atoms. The summed E-state index contributed by atoms with van der Waals surface area (Å²) >= 11 is 0. The summed E-state index contributed by atoms with van der Waals surface area (Å²) in [4.78, 5) is 39.4. The number of carbonyl (C=O) groups is 3. The van der Waals surface area contributed by atoms with Gasteiger partial charge in [0.1, 0.15) is 12.1 Å². The van der Waals surface area contributed by atoms with E-state index in [1.165, 1.54) is 0 Å². The van der Waals surface area contributed by atoms with Crippen LogP contribution >= 0.6 is 0 Å². The molecule has 2 aliphatic rings. The minimum absolute atomic E-state index is 0.0595. The van der Waals surface area contributed by atoms with Gasteiger partial charge in [-0.05, 0) is 56.9 Å². The SMILES string of the molecule is CCOC(=O)C(CCc1ccccc1)NC(C)C(=O)N1C(C(=O)O)C[C@]2(C)CCC[C@H]12. The van der Waals surface area contributed by atoms with E-state index in [2.05, 4.69) is 12.2 Å². The first-order chi connectivity index (χ1) is 14.8. The third-order valence-electron chi connectivity index (χ3n) is 6.86. The van der Waals surface area contributed by atoms with Crippen molar-refractivity contribution in [3.63, 3.8) is 0 Å². The third kappa shape index (κ3) is 5.09. The molecule has 0 spiro atoms. The molecule has 0 radical (unpaired) electrons. The zero-order valence-corrected chi connectivity index (χ0v) is 18.7. The molecule has 5 atom stereocenters. The van der Waals surface area contributed by atoms with Gasteiger partial charge >= 0.3 is 11.9 Å². The zero-order valence-electron chi connectivity index (χ0n) is 18.7. The van der Waals surface area contributed by atoms with Crippen LogP contribution in [0, 0.1) is 5.41 Å². The van der Waals surface area contributed by atoms with Crippen LogP contribution in [0.15, 0.2) is 30.3 Å². The number of esters is 1. The van der Waals surface area contributed by atoms with Gasteiger partial charge in [-0.3, -0.25) is 14.9 Å². The summed E-state index contributed by atoms with van der Waals surface area (Å²) in [6, 6.07) is 7.65. The molecule has 1 aliphatic heterocycles. The van der Waals surface area contributed by atoms with E-state index < -0.39 is 24.1 Å². The van der Waals surface area contributed by atoms with E-state index in [9.17, 15) is 19.5 Å². The molecule has 1 amide bonds. The molecule has 0 aromatic heterocycles. The van der Waals surface area contributed by atoms with E-state index >= 15 is 0 Å². The first-order valence-corrected chi connectivity index (χ1v) is 11.3. The number of amides is 1. The molecule has 1 aliphatic carbocycles. The van der Waals surface area contributed by atoms with Crippen molar-refractivity contribution >= 4 is 17.8 Å². The summed E-state index contributed by atoms with van der Waals surface area (Å²) in [6.07, 6.45) is 4.41. The van der Waals surface area contributed by atoms with E-state index in [1.807, 2.05) is 30.3 Å². The number of likely N-dealkylation sites (tertiary alicyclic amines) is 1. The van der Waals surface area contributed by atoms with E-state index in [-0.39, 0.29) is 29.9 Å². The second-order valence-electron chi connectivity index (χ2n) is 9.08. The molecule has 7 heteroatoms. The first kappa shape index (κ1) is 23.3. The highest BCUT2D eigenvalue weighted by Gasteiger charge is 2.56. The minimum Gasteiger partial charge on any atom is -0.480 e. The molecule has 2 N–H and O–H groups in total. The summed E-state index contributed by atoms with van der Waals surface area (Å²) in [5.74, 6) is -1.60. The number of nitrogens with zero attached hydrogens (tertiary/aromatic N) is 1. The Morgan fingerprint density at radius 3 is 2.65 bits per heavy atom. The number of carboxylic acids is 1. The average Bonchev–Trinajstić information content (AvgIpc) is 3.25. The van der Waals surface area contributed by atoms with Crippen molar-refractivity contribution < 1.29 is 24.2 Å². The number of nitrogens with one attached hydrogen (secondary N) is 1. The standard InChI is InChI=1S/C24H34N2O5/c1-4-31-23(30)18(13-12-17-9-6-5-7-10-17)25-16(2)21(27)26-19(22(28)29)15-24(3)14-8-11-20(24)26/h5-7,9-10,16,18-20,25H,4,8,11-15H2,1-3H3,(H,28,29)/t16?,18?,19?,20-,24-/m0/s1. The smallest absolute Gasteiger partial charge is 0.326 e. The maximum Gasteiger partial charge on any atom is 0.326 e. The molecule has 0 bridgehead atoms. The summed E-state index contributed by atoms with van der Waals surface area (Å²) < 4.78 is 5.22. The Hall–Kier alpha value is -2.41. The number of aliphatic carboxylic acids is 1. The molecule has 1 saturated carbocycles. The Morgan fingerprint density at radius 1 is 1.29 bits per heavy atom. The lowest BCUT2D eigenvalue weighted by Crippen LogP contribution is -2.55. The van der Waals surface area contributed by atoms with Crippen LogP contribution in [-0.4, -0.2) is 58.6 Å². The highest BCUT2D eigenvalue weighted by atomic mass is 16.5. The average molecular weight is 431 g/mol. The highest BCUT2D eigenvalue weighted by Crippen LogP contribution is 2.51. The molecular weight excluding hydrogens is 396 g/mol. The fourth-order valence-electron chi connectivity index (χ4n) is 5.26. The van der Waals surface area contributed by atoms with Gasteiger partial charge in [0.2, 0.25) is 5.91 Å². The molecule has 1 saturated heterocycles. The lowest BCUT2D eigenvalue weighted by atomic mass is 9.83. The Labute approximate surface area is 184 Å². The highest BCUT2D eigenvalue weighted by molar-refractivity contribution is 5.88. The van der Waals surface area contributed by atoms with Gasteiger partial charge < -0.3 is 14.7 Å². The number of fused-ring (bicyclic) bond motifs is 1. The predicted molar refractivity (Wildman–Crippen MR) is 116 cm³/mol. The summed E-state index contributed by atoms with van der Waals surface area (Å²) in [6.45, 7) is 5.82. The van der Waals surface area contributed by atoms with Crippen LogP contribution in [0.4, 0.5) is 0 Å². The first-order valence-electron chi connectivity index (χ1n) is 11.3. The number of hydrogen-bond donors (Lipinski definition) is 2. The topological polar surface area (TPSA) is 95.9 Å².